The molecule has 0 fully saturated rings. The maximum absolute atomic E-state index is 12.4. The zero-order valence-electron chi connectivity index (χ0n) is 15.9. The Morgan fingerprint density at radius 2 is 2.07 bits per heavy atom. The van der Waals surface area contributed by atoms with Crippen LogP contribution < -0.4 is 5.32 Å². The van der Waals surface area contributed by atoms with Crippen molar-refractivity contribution in [2.75, 3.05) is 6.54 Å². The number of nitrogens with zero attached hydrogens (tertiary/aromatic N) is 5. The molecule has 0 radical (unpaired) electrons. The van der Waals surface area contributed by atoms with E-state index < -0.39 is 5.41 Å². The zero-order chi connectivity index (χ0) is 20.4. The van der Waals surface area contributed by atoms with Gasteiger partial charge in [0.25, 0.3) is 5.91 Å². The summed E-state index contributed by atoms with van der Waals surface area (Å²) in [5.74, 6) is -0.374. The monoisotopic (exact) mass is 386 g/mol. The van der Waals surface area contributed by atoms with Crippen LogP contribution in [0.25, 0.3) is 33.5 Å². The van der Waals surface area contributed by atoms with Crippen molar-refractivity contribution in [3.8, 4) is 28.6 Å². The summed E-state index contributed by atoms with van der Waals surface area (Å²) in [6.45, 7) is 3.73. The van der Waals surface area contributed by atoms with E-state index in [0.717, 1.165) is 27.9 Å². The van der Waals surface area contributed by atoms with Gasteiger partial charge in [-0.1, -0.05) is 0 Å². The fourth-order valence-corrected chi connectivity index (χ4v) is 2.75. The minimum absolute atomic E-state index is 0.185. The molecule has 0 aromatic carbocycles. The summed E-state index contributed by atoms with van der Waals surface area (Å²) >= 11 is 0. The molecule has 144 valence electrons. The lowest BCUT2D eigenvalue weighted by Crippen LogP contribution is -2.33. The number of carbonyl (C=O) groups is 1. The minimum atomic E-state index is -0.656. The Bertz CT molecular complexity index is 1220. The first-order chi connectivity index (χ1) is 13.9. The highest BCUT2D eigenvalue weighted by molar-refractivity contribution is 5.92. The van der Waals surface area contributed by atoms with Crippen molar-refractivity contribution in [2.45, 2.75) is 13.8 Å². The lowest BCUT2D eigenvalue weighted by atomic mass is 9.96. The van der Waals surface area contributed by atoms with Crippen molar-refractivity contribution in [1.29, 1.82) is 5.26 Å². The highest BCUT2D eigenvalue weighted by Crippen LogP contribution is 2.25. The Balaban J connectivity index is 1.60. The highest BCUT2D eigenvalue weighted by atomic mass is 16.1. The Hall–Kier alpha value is -4.06. The molecule has 4 aromatic heterocycles. The lowest BCUT2D eigenvalue weighted by Gasteiger charge is -2.15. The maximum atomic E-state index is 12.4. The van der Waals surface area contributed by atoms with Crippen LogP contribution in [0.2, 0.25) is 0 Å². The molecule has 1 amide bonds. The summed E-state index contributed by atoms with van der Waals surface area (Å²) < 4.78 is 0. The molecule has 4 heterocycles. The predicted octanol–water partition coefficient (Wildman–Crippen LogP) is 2.69. The van der Waals surface area contributed by atoms with Crippen molar-refractivity contribution in [1.82, 2.24) is 35.5 Å². The summed E-state index contributed by atoms with van der Waals surface area (Å²) in [5.41, 5.74) is 3.39. The number of pyridine rings is 1. The average molecular weight is 386 g/mol. The van der Waals surface area contributed by atoms with Crippen molar-refractivity contribution >= 4 is 16.9 Å². The summed E-state index contributed by atoms with van der Waals surface area (Å²) in [6, 6.07) is 6.06. The van der Waals surface area contributed by atoms with Gasteiger partial charge in [0, 0.05) is 35.5 Å². The number of nitrogens with one attached hydrogen (secondary N) is 3. The quantitative estimate of drug-likeness (QED) is 0.482. The third-order valence-electron chi connectivity index (χ3n) is 4.44. The number of amides is 1. The van der Waals surface area contributed by atoms with Crippen LogP contribution in [0.4, 0.5) is 0 Å². The fourth-order valence-electron chi connectivity index (χ4n) is 2.75. The molecule has 0 unspecified atom stereocenters. The molecule has 0 spiro atoms. The van der Waals surface area contributed by atoms with E-state index in [1.165, 1.54) is 6.20 Å². The first-order valence-electron chi connectivity index (χ1n) is 8.95. The van der Waals surface area contributed by atoms with Crippen molar-refractivity contribution in [2.24, 2.45) is 5.41 Å². The molecule has 4 rings (SSSR count). The number of aromatic nitrogens is 6. The van der Waals surface area contributed by atoms with Crippen LogP contribution in [0.3, 0.4) is 0 Å². The Morgan fingerprint density at radius 3 is 2.83 bits per heavy atom. The first kappa shape index (κ1) is 18.3. The number of nitriles is 1. The molecule has 0 saturated carbocycles. The molecular weight excluding hydrogens is 368 g/mol. The average Bonchev–Trinajstić information content (AvgIpc) is 3.41. The molecule has 9 heteroatoms. The van der Waals surface area contributed by atoms with Crippen molar-refractivity contribution in [3.05, 3.63) is 48.8 Å². The van der Waals surface area contributed by atoms with Crippen molar-refractivity contribution in [3.63, 3.8) is 0 Å². The van der Waals surface area contributed by atoms with Gasteiger partial charge in [-0.25, -0.2) is 9.97 Å². The minimum Gasteiger partial charge on any atom is -0.349 e. The summed E-state index contributed by atoms with van der Waals surface area (Å²) in [6.07, 6.45) is 8.20. The second kappa shape index (κ2) is 7.16. The lowest BCUT2D eigenvalue weighted by molar-refractivity contribution is 0.0938. The summed E-state index contributed by atoms with van der Waals surface area (Å²) in [5, 5.41) is 19.4. The molecule has 29 heavy (non-hydrogen) atoms. The predicted molar refractivity (Wildman–Crippen MR) is 106 cm³/mol. The fraction of sp³-hybridized carbons (Fsp3) is 0.200. The summed E-state index contributed by atoms with van der Waals surface area (Å²) in [4.78, 5) is 28.6. The van der Waals surface area contributed by atoms with E-state index in [-0.39, 0.29) is 18.1 Å². The Labute approximate surface area is 166 Å². The normalized spacial score (nSPS) is 11.3. The van der Waals surface area contributed by atoms with E-state index >= 15 is 0 Å². The van der Waals surface area contributed by atoms with Gasteiger partial charge < -0.3 is 10.3 Å². The van der Waals surface area contributed by atoms with Crippen LogP contribution in [0.5, 0.6) is 0 Å². The third kappa shape index (κ3) is 3.82. The van der Waals surface area contributed by atoms with Crippen LogP contribution in [0, 0.1) is 16.7 Å². The Morgan fingerprint density at radius 1 is 1.21 bits per heavy atom. The van der Waals surface area contributed by atoms with E-state index in [1.807, 2.05) is 12.1 Å². The van der Waals surface area contributed by atoms with Gasteiger partial charge >= 0.3 is 0 Å². The van der Waals surface area contributed by atoms with E-state index in [2.05, 4.69) is 41.5 Å². The smallest absolute Gasteiger partial charge is 0.271 e. The second-order valence-electron chi connectivity index (χ2n) is 7.30. The summed E-state index contributed by atoms with van der Waals surface area (Å²) in [7, 11) is 0. The molecule has 3 N–H and O–H groups in total. The van der Waals surface area contributed by atoms with Crippen LogP contribution in [-0.2, 0) is 0 Å². The first-order valence-corrected chi connectivity index (χ1v) is 8.95. The molecule has 0 bridgehead atoms. The number of fused-ring (bicyclic) bond motifs is 1. The molecular formula is C20H18N8O. The van der Waals surface area contributed by atoms with E-state index in [0.29, 0.717) is 5.69 Å². The molecule has 0 aliphatic heterocycles. The SMILES string of the molecule is CC(C)(C#N)CNC(=O)c1cncc(-c2cnc3[nH]c(-c4cn[nH]c4)cc3c2)n1. The van der Waals surface area contributed by atoms with Gasteiger partial charge in [-0.3, -0.25) is 14.9 Å². The van der Waals surface area contributed by atoms with E-state index in [1.54, 1.807) is 38.6 Å². The van der Waals surface area contributed by atoms with Crippen LogP contribution in [0.15, 0.2) is 43.1 Å². The Kier molecular flexibility index (Phi) is 4.52. The molecule has 0 atom stereocenters. The molecule has 4 aromatic rings. The van der Waals surface area contributed by atoms with Gasteiger partial charge in [-0.15, -0.1) is 0 Å². The van der Waals surface area contributed by atoms with Gasteiger partial charge in [0.2, 0.25) is 0 Å². The molecule has 0 aliphatic rings. The van der Waals surface area contributed by atoms with Gasteiger partial charge in [0.05, 0.1) is 41.5 Å². The number of hydrogen-bond donors (Lipinski definition) is 3. The second-order valence-corrected chi connectivity index (χ2v) is 7.30. The van der Waals surface area contributed by atoms with Crippen LogP contribution in [0.1, 0.15) is 24.3 Å². The highest BCUT2D eigenvalue weighted by Gasteiger charge is 2.19. The maximum Gasteiger partial charge on any atom is 0.271 e. The van der Waals surface area contributed by atoms with E-state index in [4.69, 9.17) is 5.26 Å². The van der Waals surface area contributed by atoms with Crippen molar-refractivity contribution < 1.29 is 4.79 Å². The standard InChI is InChI=1S/C20H18N8O/c1-20(2,10-21)11-24-19(29)17-9-22-8-16(27-17)13-3-12-4-15(14-6-25-26-7-14)28-18(12)23-5-13/h3-9H,11H2,1-2H3,(H,23,28)(H,24,29)(H,25,26). The largest absolute Gasteiger partial charge is 0.349 e. The van der Waals surface area contributed by atoms with Gasteiger partial charge in [-0.05, 0) is 26.0 Å². The van der Waals surface area contributed by atoms with Gasteiger partial charge in [-0.2, -0.15) is 10.4 Å². The number of hydrogen-bond acceptors (Lipinski definition) is 6. The number of H-pyrrole nitrogens is 2. The topological polar surface area (TPSA) is 136 Å². The van der Waals surface area contributed by atoms with E-state index in [9.17, 15) is 4.79 Å². The molecule has 9 nitrogen and oxygen atoms in total. The number of rotatable bonds is 5. The molecule has 0 saturated heterocycles. The number of carbonyl (C=O) groups excluding carboxylic acids is 1. The van der Waals surface area contributed by atoms with Crippen LogP contribution in [-0.4, -0.2) is 42.6 Å². The van der Waals surface area contributed by atoms with Gasteiger partial charge in [0.15, 0.2) is 0 Å². The van der Waals surface area contributed by atoms with Gasteiger partial charge in [0.1, 0.15) is 11.3 Å². The third-order valence-corrected chi connectivity index (χ3v) is 4.44. The van der Waals surface area contributed by atoms with Crippen LogP contribution >= 0.6 is 0 Å². The zero-order valence-corrected chi connectivity index (χ0v) is 15.9. The number of aromatic amines is 2. The molecule has 0 aliphatic carbocycles.